The van der Waals surface area contributed by atoms with Crippen molar-refractivity contribution < 1.29 is 4.74 Å². The van der Waals surface area contributed by atoms with E-state index in [1.165, 1.54) is 5.56 Å². The first kappa shape index (κ1) is 10.9. The molecule has 13 heavy (non-hydrogen) atoms. The molecule has 0 bridgehead atoms. The van der Waals surface area contributed by atoms with Crippen molar-refractivity contribution in [2.45, 2.75) is 12.2 Å². The molecule has 0 heterocycles. The van der Waals surface area contributed by atoms with E-state index in [1.807, 2.05) is 17.8 Å². The average molecular weight is 261 g/mol. The molecule has 1 aromatic rings. The fraction of sp³-hybridized carbons (Fsp3) is 0.400. The van der Waals surface area contributed by atoms with E-state index in [2.05, 4.69) is 41.2 Å². The topological polar surface area (TPSA) is 9.23 Å². The fourth-order valence-electron chi connectivity index (χ4n) is 1.07. The Labute approximate surface area is 92.0 Å². The van der Waals surface area contributed by atoms with Crippen LogP contribution in [0.1, 0.15) is 17.7 Å². The predicted molar refractivity (Wildman–Crippen MR) is 62.6 cm³/mol. The van der Waals surface area contributed by atoms with Gasteiger partial charge in [-0.3, -0.25) is 0 Å². The van der Waals surface area contributed by atoms with Gasteiger partial charge in [-0.25, -0.2) is 0 Å². The zero-order valence-corrected chi connectivity index (χ0v) is 10.4. The van der Waals surface area contributed by atoms with E-state index >= 15 is 0 Å². The lowest BCUT2D eigenvalue weighted by molar-refractivity contribution is 0.411. The number of benzene rings is 1. The molecule has 0 amide bonds. The van der Waals surface area contributed by atoms with Crippen molar-refractivity contribution >= 4 is 27.7 Å². The van der Waals surface area contributed by atoms with Crippen molar-refractivity contribution in [3.8, 4) is 5.75 Å². The summed E-state index contributed by atoms with van der Waals surface area (Å²) >= 11 is 5.26. The lowest BCUT2D eigenvalue weighted by atomic mass is 10.1. The summed E-state index contributed by atoms with van der Waals surface area (Å²) in [5, 5.41) is 0.516. The molecule has 0 saturated carbocycles. The predicted octanol–water partition coefficient (Wildman–Crippen LogP) is 3.88. The Bertz CT molecular complexity index is 288. The van der Waals surface area contributed by atoms with E-state index < -0.39 is 0 Å². The van der Waals surface area contributed by atoms with Gasteiger partial charge in [0.1, 0.15) is 5.75 Å². The molecule has 72 valence electrons. The second-order valence-electron chi connectivity index (χ2n) is 2.77. The Morgan fingerprint density at radius 2 is 2.15 bits per heavy atom. The van der Waals surface area contributed by atoms with Crippen LogP contribution in [0.25, 0.3) is 0 Å². The summed E-state index contributed by atoms with van der Waals surface area (Å²) in [6.45, 7) is 2.19. The molecule has 0 fully saturated rings. The van der Waals surface area contributed by atoms with Gasteiger partial charge in [-0.05, 0) is 46.8 Å². The SMILES string of the molecule is COc1cc(C(C)SC)ccc1Br. The van der Waals surface area contributed by atoms with E-state index in [0.29, 0.717) is 5.25 Å². The minimum atomic E-state index is 0.516. The van der Waals surface area contributed by atoms with Crippen LogP contribution in [-0.2, 0) is 0 Å². The second-order valence-corrected chi connectivity index (χ2v) is 4.80. The van der Waals surface area contributed by atoms with Crippen molar-refractivity contribution in [3.63, 3.8) is 0 Å². The van der Waals surface area contributed by atoms with Gasteiger partial charge in [0.25, 0.3) is 0 Å². The second kappa shape index (κ2) is 4.91. The number of thioether (sulfide) groups is 1. The molecular formula is C10H13BrOS. The third-order valence-electron chi connectivity index (χ3n) is 2.00. The number of ether oxygens (including phenoxy) is 1. The van der Waals surface area contributed by atoms with E-state index in [0.717, 1.165) is 10.2 Å². The van der Waals surface area contributed by atoms with Crippen molar-refractivity contribution in [1.29, 1.82) is 0 Å². The van der Waals surface area contributed by atoms with Crippen LogP contribution in [0.2, 0.25) is 0 Å². The summed E-state index contributed by atoms with van der Waals surface area (Å²) in [5.41, 5.74) is 1.30. The molecule has 0 aliphatic heterocycles. The zero-order chi connectivity index (χ0) is 9.84. The number of hydrogen-bond acceptors (Lipinski definition) is 2. The Morgan fingerprint density at radius 3 is 2.69 bits per heavy atom. The van der Waals surface area contributed by atoms with Gasteiger partial charge < -0.3 is 4.74 Å². The molecule has 1 nitrogen and oxygen atoms in total. The van der Waals surface area contributed by atoms with Gasteiger partial charge in [-0.2, -0.15) is 11.8 Å². The molecule has 0 saturated heterocycles. The van der Waals surface area contributed by atoms with Crippen LogP contribution in [0.3, 0.4) is 0 Å². The monoisotopic (exact) mass is 260 g/mol. The molecule has 0 spiro atoms. The van der Waals surface area contributed by atoms with Gasteiger partial charge >= 0.3 is 0 Å². The summed E-state index contributed by atoms with van der Waals surface area (Å²) in [4.78, 5) is 0. The first-order valence-electron chi connectivity index (χ1n) is 4.05. The van der Waals surface area contributed by atoms with Gasteiger partial charge in [0.15, 0.2) is 0 Å². The largest absolute Gasteiger partial charge is 0.496 e. The molecule has 1 atom stereocenters. The molecular weight excluding hydrogens is 248 g/mol. The highest BCUT2D eigenvalue weighted by atomic mass is 79.9. The number of halogens is 1. The first-order valence-corrected chi connectivity index (χ1v) is 6.13. The molecule has 1 rings (SSSR count). The van der Waals surface area contributed by atoms with E-state index in [9.17, 15) is 0 Å². The van der Waals surface area contributed by atoms with E-state index in [1.54, 1.807) is 7.11 Å². The molecule has 3 heteroatoms. The molecule has 0 aliphatic carbocycles. The van der Waals surface area contributed by atoms with Crippen molar-refractivity contribution in [2.75, 3.05) is 13.4 Å². The van der Waals surface area contributed by atoms with Gasteiger partial charge in [-0.1, -0.05) is 6.07 Å². The van der Waals surface area contributed by atoms with Gasteiger partial charge in [0.05, 0.1) is 11.6 Å². The standard InChI is InChI=1S/C10H13BrOS/c1-7(13-3)8-4-5-9(11)10(6-8)12-2/h4-7H,1-3H3. The maximum absolute atomic E-state index is 5.22. The highest BCUT2D eigenvalue weighted by Gasteiger charge is 2.06. The Balaban J connectivity index is 2.99. The van der Waals surface area contributed by atoms with Gasteiger partial charge in [0.2, 0.25) is 0 Å². The van der Waals surface area contributed by atoms with E-state index in [-0.39, 0.29) is 0 Å². The summed E-state index contributed by atoms with van der Waals surface area (Å²) in [5.74, 6) is 0.901. The van der Waals surface area contributed by atoms with Crippen molar-refractivity contribution in [1.82, 2.24) is 0 Å². The van der Waals surface area contributed by atoms with Crippen LogP contribution in [0, 0.1) is 0 Å². The van der Waals surface area contributed by atoms with Crippen LogP contribution in [0.15, 0.2) is 22.7 Å². The number of rotatable bonds is 3. The summed E-state index contributed by atoms with van der Waals surface area (Å²) < 4.78 is 6.23. The highest BCUT2D eigenvalue weighted by Crippen LogP contribution is 2.32. The first-order chi connectivity index (χ1) is 6.19. The Kier molecular flexibility index (Phi) is 4.13. The van der Waals surface area contributed by atoms with E-state index in [4.69, 9.17) is 4.74 Å². The quantitative estimate of drug-likeness (QED) is 0.816. The summed E-state index contributed by atoms with van der Waals surface area (Å²) in [6.07, 6.45) is 2.11. The molecule has 0 aliphatic rings. The minimum Gasteiger partial charge on any atom is -0.496 e. The number of methoxy groups -OCH3 is 1. The normalized spacial score (nSPS) is 12.6. The molecule has 0 radical (unpaired) electrons. The maximum atomic E-state index is 5.22. The third kappa shape index (κ3) is 2.64. The summed E-state index contributed by atoms with van der Waals surface area (Å²) in [7, 11) is 1.69. The van der Waals surface area contributed by atoms with Crippen LogP contribution < -0.4 is 4.74 Å². The third-order valence-corrected chi connectivity index (χ3v) is 3.63. The maximum Gasteiger partial charge on any atom is 0.133 e. The Hall–Kier alpha value is -0.150. The average Bonchev–Trinajstić information content (AvgIpc) is 2.17. The molecule has 1 aromatic carbocycles. The van der Waals surface area contributed by atoms with Crippen LogP contribution in [0.5, 0.6) is 5.75 Å². The van der Waals surface area contributed by atoms with Gasteiger partial charge in [-0.15, -0.1) is 0 Å². The zero-order valence-electron chi connectivity index (χ0n) is 8.00. The van der Waals surface area contributed by atoms with Crippen LogP contribution in [0.4, 0.5) is 0 Å². The fourth-order valence-corrected chi connectivity index (χ4v) is 1.89. The number of hydrogen-bond donors (Lipinski definition) is 0. The highest BCUT2D eigenvalue weighted by molar-refractivity contribution is 9.10. The molecule has 0 N–H and O–H groups in total. The molecule has 1 unspecified atom stereocenters. The van der Waals surface area contributed by atoms with Crippen molar-refractivity contribution in [2.24, 2.45) is 0 Å². The lowest BCUT2D eigenvalue weighted by Crippen LogP contribution is -1.90. The smallest absolute Gasteiger partial charge is 0.133 e. The molecule has 0 aromatic heterocycles. The van der Waals surface area contributed by atoms with Crippen LogP contribution >= 0.6 is 27.7 Å². The van der Waals surface area contributed by atoms with Crippen LogP contribution in [-0.4, -0.2) is 13.4 Å². The Morgan fingerprint density at radius 1 is 1.46 bits per heavy atom. The van der Waals surface area contributed by atoms with Gasteiger partial charge in [0, 0.05) is 5.25 Å². The minimum absolute atomic E-state index is 0.516. The summed E-state index contributed by atoms with van der Waals surface area (Å²) in [6, 6.07) is 6.22. The van der Waals surface area contributed by atoms with Crippen molar-refractivity contribution in [3.05, 3.63) is 28.2 Å². The lowest BCUT2D eigenvalue weighted by Gasteiger charge is -2.11.